The van der Waals surface area contributed by atoms with Crippen LogP contribution < -0.4 is 0 Å². The average molecular weight is 388 g/mol. The maximum atomic E-state index is 13.0. The molecule has 0 unspecified atom stereocenters. The van der Waals surface area contributed by atoms with Gasteiger partial charge in [-0.25, -0.2) is 9.18 Å². The number of rotatable bonds is 6. The Hall–Kier alpha value is -2.74. The first-order valence-corrected chi connectivity index (χ1v) is 9.42. The standard InChI is InChI=1S/C20H25FN4O3/c1-3-28-20(27)18-13-25(22-15(18)2)14-23-8-10-24(11-9-23)19(26)12-16-4-6-17(21)7-5-16/h4-7,13H,3,8-12,14H2,1-2H3. The maximum absolute atomic E-state index is 13.0. The molecular formula is C20H25FN4O3. The molecule has 1 saturated heterocycles. The number of aromatic nitrogens is 2. The van der Waals surface area contributed by atoms with E-state index in [4.69, 9.17) is 4.74 Å². The minimum atomic E-state index is -0.359. The number of amides is 1. The van der Waals surface area contributed by atoms with Crippen molar-refractivity contribution in [3.05, 3.63) is 53.1 Å². The first kappa shape index (κ1) is 20.0. The second-order valence-electron chi connectivity index (χ2n) is 6.83. The van der Waals surface area contributed by atoms with Gasteiger partial charge < -0.3 is 9.64 Å². The van der Waals surface area contributed by atoms with E-state index in [2.05, 4.69) is 10.00 Å². The molecule has 1 aromatic carbocycles. The van der Waals surface area contributed by atoms with Gasteiger partial charge in [-0.05, 0) is 31.5 Å². The molecule has 1 fully saturated rings. The van der Waals surface area contributed by atoms with Crippen LogP contribution in [0.5, 0.6) is 0 Å². The van der Waals surface area contributed by atoms with E-state index in [9.17, 15) is 14.0 Å². The highest BCUT2D eigenvalue weighted by molar-refractivity contribution is 5.90. The van der Waals surface area contributed by atoms with Crippen LogP contribution in [0.15, 0.2) is 30.5 Å². The largest absolute Gasteiger partial charge is 0.462 e. The van der Waals surface area contributed by atoms with Crippen LogP contribution in [0.1, 0.15) is 28.5 Å². The van der Waals surface area contributed by atoms with Gasteiger partial charge in [-0.2, -0.15) is 5.10 Å². The van der Waals surface area contributed by atoms with Crippen molar-refractivity contribution in [2.45, 2.75) is 26.9 Å². The zero-order valence-electron chi connectivity index (χ0n) is 16.2. The minimum absolute atomic E-state index is 0.0470. The van der Waals surface area contributed by atoms with Crippen molar-refractivity contribution in [1.29, 1.82) is 0 Å². The number of esters is 1. The van der Waals surface area contributed by atoms with Gasteiger partial charge in [0.15, 0.2) is 0 Å². The quantitative estimate of drug-likeness (QED) is 0.707. The van der Waals surface area contributed by atoms with E-state index in [1.165, 1.54) is 12.1 Å². The Labute approximate surface area is 163 Å². The zero-order valence-corrected chi connectivity index (χ0v) is 16.2. The van der Waals surface area contributed by atoms with E-state index >= 15 is 0 Å². The molecule has 1 amide bonds. The Balaban J connectivity index is 1.50. The predicted molar refractivity (Wildman–Crippen MR) is 101 cm³/mol. The minimum Gasteiger partial charge on any atom is -0.462 e. The average Bonchev–Trinajstić information content (AvgIpc) is 3.04. The number of halogens is 1. The van der Waals surface area contributed by atoms with Crippen molar-refractivity contribution in [1.82, 2.24) is 19.6 Å². The highest BCUT2D eigenvalue weighted by Crippen LogP contribution is 2.11. The Morgan fingerprint density at radius 1 is 1.14 bits per heavy atom. The van der Waals surface area contributed by atoms with Gasteiger partial charge in [0, 0.05) is 32.4 Å². The summed E-state index contributed by atoms with van der Waals surface area (Å²) in [6, 6.07) is 6.03. The van der Waals surface area contributed by atoms with Crippen LogP contribution in [0.25, 0.3) is 0 Å². The number of hydrogen-bond donors (Lipinski definition) is 0. The first-order valence-electron chi connectivity index (χ1n) is 9.42. The number of carbonyl (C=O) groups is 2. The highest BCUT2D eigenvalue weighted by Gasteiger charge is 2.22. The number of ether oxygens (including phenoxy) is 1. The molecule has 150 valence electrons. The lowest BCUT2D eigenvalue weighted by Gasteiger charge is -2.34. The molecule has 3 rings (SSSR count). The van der Waals surface area contributed by atoms with Gasteiger partial charge in [-0.15, -0.1) is 0 Å². The van der Waals surface area contributed by atoms with E-state index in [1.807, 2.05) is 4.90 Å². The molecule has 0 bridgehead atoms. The smallest absolute Gasteiger partial charge is 0.341 e. The van der Waals surface area contributed by atoms with Crippen LogP contribution in [-0.4, -0.2) is 64.2 Å². The fourth-order valence-electron chi connectivity index (χ4n) is 3.23. The first-order chi connectivity index (χ1) is 13.5. The molecule has 28 heavy (non-hydrogen) atoms. The summed E-state index contributed by atoms with van der Waals surface area (Å²) in [7, 11) is 0. The van der Waals surface area contributed by atoms with Gasteiger partial charge in [0.25, 0.3) is 0 Å². The third-order valence-corrected chi connectivity index (χ3v) is 4.78. The highest BCUT2D eigenvalue weighted by atomic mass is 19.1. The van der Waals surface area contributed by atoms with Gasteiger partial charge in [0.2, 0.25) is 5.91 Å². The molecule has 8 heteroatoms. The number of benzene rings is 1. The SMILES string of the molecule is CCOC(=O)c1cn(CN2CCN(C(=O)Cc3ccc(F)cc3)CC2)nc1C. The number of nitrogens with zero attached hydrogens (tertiary/aromatic N) is 4. The summed E-state index contributed by atoms with van der Waals surface area (Å²) in [6.07, 6.45) is 1.99. The fourth-order valence-corrected chi connectivity index (χ4v) is 3.23. The van der Waals surface area contributed by atoms with E-state index < -0.39 is 0 Å². The van der Waals surface area contributed by atoms with E-state index in [-0.39, 0.29) is 24.1 Å². The number of hydrogen-bond acceptors (Lipinski definition) is 5. The van der Waals surface area contributed by atoms with Crippen molar-refractivity contribution < 1.29 is 18.7 Å². The van der Waals surface area contributed by atoms with E-state index in [0.717, 1.165) is 18.7 Å². The molecule has 1 aromatic heterocycles. The Kier molecular flexibility index (Phi) is 6.41. The van der Waals surface area contributed by atoms with E-state index in [1.54, 1.807) is 36.9 Å². The lowest BCUT2D eigenvalue weighted by molar-refractivity contribution is -0.132. The lowest BCUT2D eigenvalue weighted by atomic mass is 10.1. The third kappa shape index (κ3) is 4.95. The van der Waals surface area contributed by atoms with Gasteiger partial charge in [0.05, 0.1) is 25.4 Å². The summed E-state index contributed by atoms with van der Waals surface area (Å²) in [5.41, 5.74) is 1.94. The summed E-state index contributed by atoms with van der Waals surface area (Å²) in [6.45, 7) is 7.16. The molecule has 0 radical (unpaired) electrons. The number of carbonyl (C=O) groups excluding carboxylic acids is 2. The summed E-state index contributed by atoms with van der Waals surface area (Å²) in [5.74, 6) is -0.613. The van der Waals surface area contributed by atoms with Crippen molar-refractivity contribution in [2.75, 3.05) is 32.8 Å². The second kappa shape index (κ2) is 8.97. The van der Waals surface area contributed by atoms with Crippen LogP contribution in [0.3, 0.4) is 0 Å². The van der Waals surface area contributed by atoms with Crippen molar-refractivity contribution in [3.8, 4) is 0 Å². The van der Waals surface area contributed by atoms with Gasteiger partial charge in [-0.3, -0.25) is 14.4 Å². The topological polar surface area (TPSA) is 67.7 Å². The Bertz CT molecular complexity index is 826. The predicted octanol–water partition coefficient (Wildman–Crippen LogP) is 1.85. The van der Waals surface area contributed by atoms with Crippen LogP contribution in [0, 0.1) is 12.7 Å². The molecule has 0 N–H and O–H groups in total. The van der Waals surface area contributed by atoms with Crippen LogP contribution in [0.2, 0.25) is 0 Å². The molecule has 2 aromatic rings. The molecule has 7 nitrogen and oxygen atoms in total. The molecule has 0 saturated carbocycles. The summed E-state index contributed by atoms with van der Waals surface area (Å²) in [4.78, 5) is 28.4. The van der Waals surface area contributed by atoms with Crippen LogP contribution in [0.4, 0.5) is 4.39 Å². The fraction of sp³-hybridized carbons (Fsp3) is 0.450. The molecule has 0 aliphatic carbocycles. The number of aryl methyl sites for hydroxylation is 1. The summed E-state index contributed by atoms with van der Waals surface area (Å²) in [5, 5.41) is 4.39. The maximum Gasteiger partial charge on any atom is 0.341 e. The Morgan fingerprint density at radius 3 is 2.46 bits per heavy atom. The second-order valence-corrected chi connectivity index (χ2v) is 6.83. The zero-order chi connectivity index (χ0) is 20.1. The third-order valence-electron chi connectivity index (χ3n) is 4.78. The van der Waals surface area contributed by atoms with E-state index in [0.29, 0.717) is 37.6 Å². The van der Waals surface area contributed by atoms with Crippen molar-refractivity contribution in [3.63, 3.8) is 0 Å². The number of piperazine rings is 1. The van der Waals surface area contributed by atoms with Gasteiger partial charge >= 0.3 is 5.97 Å². The normalized spacial score (nSPS) is 14.9. The monoisotopic (exact) mass is 388 g/mol. The molecule has 1 aliphatic heterocycles. The molecular weight excluding hydrogens is 363 g/mol. The van der Waals surface area contributed by atoms with Crippen LogP contribution >= 0.6 is 0 Å². The van der Waals surface area contributed by atoms with Gasteiger partial charge in [-0.1, -0.05) is 12.1 Å². The molecule has 2 heterocycles. The molecule has 0 atom stereocenters. The molecule has 0 spiro atoms. The van der Waals surface area contributed by atoms with Crippen LogP contribution in [-0.2, 0) is 22.6 Å². The molecule has 1 aliphatic rings. The summed E-state index contributed by atoms with van der Waals surface area (Å²) < 4.78 is 19.7. The Morgan fingerprint density at radius 2 is 1.82 bits per heavy atom. The van der Waals surface area contributed by atoms with Gasteiger partial charge in [0.1, 0.15) is 11.4 Å². The summed E-state index contributed by atoms with van der Waals surface area (Å²) >= 11 is 0. The van der Waals surface area contributed by atoms with Crippen molar-refractivity contribution in [2.24, 2.45) is 0 Å². The lowest BCUT2D eigenvalue weighted by Crippen LogP contribution is -2.49. The van der Waals surface area contributed by atoms with Crippen molar-refractivity contribution >= 4 is 11.9 Å².